The van der Waals surface area contributed by atoms with Gasteiger partial charge in [0.2, 0.25) is 0 Å². The summed E-state index contributed by atoms with van der Waals surface area (Å²) in [5, 5.41) is 19.1. The Labute approximate surface area is 186 Å². The van der Waals surface area contributed by atoms with Gasteiger partial charge in [-0.3, -0.25) is 19.1 Å². The minimum Gasteiger partial charge on any atom is -0.357 e. The van der Waals surface area contributed by atoms with Crippen molar-refractivity contribution in [3.05, 3.63) is 46.3 Å². The Morgan fingerprint density at radius 3 is 2.79 bits per heavy atom. The van der Waals surface area contributed by atoms with Crippen molar-refractivity contribution < 1.29 is 28.0 Å². The maximum Gasteiger partial charge on any atom is 0.322 e. The number of aromatic nitrogens is 2. The van der Waals surface area contributed by atoms with Gasteiger partial charge in [0.25, 0.3) is 11.8 Å². The predicted octanol–water partition coefficient (Wildman–Crippen LogP) is 0.755. The molecular weight excluding hydrogens is 440 g/mol. The number of benzene rings is 1. The van der Waals surface area contributed by atoms with Gasteiger partial charge >= 0.3 is 6.03 Å². The Morgan fingerprint density at radius 2 is 2.09 bits per heavy atom. The van der Waals surface area contributed by atoms with Crippen LogP contribution in [0.5, 0.6) is 0 Å². The van der Waals surface area contributed by atoms with Crippen molar-refractivity contribution in [2.75, 3.05) is 26.0 Å². The van der Waals surface area contributed by atoms with Crippen LogP contribution in [-0.2, 0) is 29.1 Å². The molecule has 0 fully saturated rings. The van der Waals surface area contributed by atoms with Crippen molar-refractivity contribution in [3.8, 4) is 6.07 Å². The van der Waals surface area contributed by atoms with Gasteiger partial charge in [-0.25, -0.2) is 18.6 Å². The normalized spacial score (nSPS) is 17.5. The number of hydrogen-bond acceptors (Lipinski definition) is 6. The molecule has 0 radical (unpaired) electrons. The van der Waals surface area contributed by atoms with Gasteiger partial charge in [-0.1, -0.05) is 0 Å². The maximum atomic E-state index is 14.3. The van der Waals surface area contributed by atoms with Crippen molar-refractivity contribution >= 4 is 23.5 Å². The van der Waals surface area contributed by atoms with Gasteiger partial charge in [-0.2, -0.15) is 10.4 Å². The number of hydrogen-bond donors (Lipinski definition) is 2. The fraction of sp³-hybridized carbons (Fsp3) is 0.350. The van der Waals surface area contributed by atoms with E-state index in [0.717, 1.165) is 17.2 Å². The molecule has 0 saturated carbocycles. The average Bonchev–Trinajstić information content (AvgIpc) is 3.10. The van der Waals surface area contributed by atoms with Gasteiger partial charge in [0, 0.05) is 32.6 Å². The van der Waals surface area contributed by atoms with E-state index in [9.17, 15) is 23.2 Å². The lowest BCUT2D eigenvalue weighted by Crippen LogP contribution is -2.41. The lowest BCUT2D eigenvalue weighted by atomic mass is 10.1. The second kappa shape index (κ2) is 8.47. The zero-order chi connectivity index (χ0) is 23.9. The topological polar surface area (TPSA) is 133 Å². The van der Waals surface area contributed by atoms with E-state index in [-0.39, 0.29) is 31.0 Å². The van der Waals surface area contributed by atoms with Crippen LogP contribution in [0.15, 0.2) is 12.1 Å². The minimum atomic E-state index is -1.17. The van der Waals surface area contributed by atoms with Gasteiger partial charge in [0.1, 0.15) is 23.1 Å². The molecular formula is C20H19F2N7O4. The molecule has 3 heterocycles. The molecule has 0 spiro atoms. The molecule has 4 amide bonds. The van der Waals surface area contributed by atoms with Crippen molar-refractivity contribution in [1.29, 1.82) is 5.26 Å². The SMILES string of the molecule is CNC(=O)C1Cn2nc3c(c2C(=O)N(C)O1)CN(C(=O)Nc1ccc(F)c(C#N)c1F)CC3. The smallest absolute Gasteiger partial charge is 0.322 e. The quantitative estimate of drug-likeness (QED) is 0.681. The number of fused-ring (bicyclic) bond motifs is 3. The molecule has 1 atom stereocenters. The first-order valence-corrected chi connectivity index (χ1v) is 9.94. The largest absolute Gasteiger partial charge is 0.357 e. The summed E-state index contributed by atoms with van der Waals surface area (Å²) in [4.78, 5) is 44.5. The van der Waals surface area contributed by atoms with E-state index in [1.54, 1.807) is 0 Å². The molecule has 11 nitrogen and oxygen atoms in total. The molecule has 2 N–H and O–H groups in total. The number of hydroxylamine groups is 2. The third-order valence-electron chi connectivity index (χ3n) is 5.48. The van der Waals surface area contributed by atoms with Crippen molar-refractivity contribution in [1.82, 2.24) is 25.1 Å². The molecule has 0 aliphatic carbocycles. The van der Waals surface area contributed by atoms with Gasteiger partial charge in [0.05, 0.1) is 24.5 Å². The van der Waals surface area contributed by atoms with Crippen LogP contribution >= 0.6 is 0 Å². The second-order valence-electron chi connectivity index (χ2n) is 7.46. The van der Waals surface area contributed by atoms with Crippen LogP contribution in [0.2, 0.25) is 0 Å². The first-order chi connectivity index (χ1) is 15.7. The summed E-state index contributed by atoms with van der Waals surface area (Å²) in [5.41, 5.74) is 0.154. The molecule has 33 heavy (non-hydrogen) atoms. The number of carbonyl (C=O) groups excluding carboxylic acids is 3. The number of nitrogens with one attached hydrogen (secondary N) is 2. The van der Waals surface area contributed by atoms with Gasteiger partial charge in [0.15, 0.2) is 11.9 Å². The molecule has 13 heteroatoms. The first kappa shape index (κ1) is 22.2. The fourth-order valence-electron chi connectivity index (χ4n) is 3.79. The molecule has 1 unspecified atom stereocenters. The number of nitriles is 1. The summed E-state index contributed by atoms with van der Waals surface area (Å²) in [6, 6.07) is 2.65. The predicted molar refractivity (Wildman–Crippen MR) is 107 cm³/mol. The summed E-state index contributed by atoms with van der Waals surface area (Å²) < 4.78 is 29.3. The van der Waals surface area contributed by atoms with Crippen molar-refractivity contribution in [2.45, 2.75) is 25.6 Å². The molecule has 0 saturated heterocycles. The maximum absolute atomic E-state index is 14.3. The first-order valence-electron chi connectivity index (χ1n) is 9.94. The molecule has 2 aromatic rings. The molecule has 172 valence electrons. The highest BCUT2D eigenvalue weighted by molar-refractivity contribution is 5.95. The number of rotatable bonds is 2. The fourth-order valence-corrected chi connectivity index (χ4v) is 3.79. The minimum absolute atomic E-state index is 0.00199. The Kier molecular flexibility index (Phi) is 5.69. The van der Waals surface area contributed by atoms with E-state index in [1.165, 1.54) is 29.7 Å². The monoisotopic (exact) mass is 459 g/mol. The average molecular weight is 459 g/mol. The van der Waals surface area contributed by atoms with E-state index < -0.39 is 41.1 Å². The molecule has 1 aromatic carbocycles. The summed E-state index contributed by atoms with van der Waals surface area (Å²) in [6.45, 7) is 0.221. The number of nitrogens with zero attached hydrogens (tertiary/aromatic N) is 5. The lowest BCUT2D eigenvalue weighted by Gasteiger charge is -2.27. The summed E-state index contributed by atoms with van der Waals surface area (Å²) >= 11 is 0. The van der Waals surface area contributed by atoms with Crippen LogP contribution in [0.25, 0.3) is 0 Å². The Balaban J connectivity index is 1.59. The summed E-state index contributed by atoms with van der Waals surface area (Å²) in [5.74, 6) is -3.15. The van der Waals surface area contributed by atoms with E-state index in [4.69, 9.17) is 10.1 Å². The van der Waals surface area contributed by atoms with E-state index in [0.29, 0.717) is 17.7 Å². The van der Waals surface area contributed by atoms with Gasteiger partial charge < -0.3 is 15.5 Å². The van der Waals surface area contributed by atoms with Crippen LogP contribution in [0, 0.1) is 23.0 Å². The lowest BCUT2D eigenvalue weighted by molar-refractivity contribution is -0.168. The van der Waals surface area contributed by atoms with Gasteiger partial charge in [-0.05, 0) is 12.1 Å². The summed E-state index contributed by atoms with van der Waals surface area (Å²) in [7, 11) is 2.83. The van der Waals surface area contributed by atoms with Crippen LogP contribution in [0.1, 0.15) is 27.3 Å². The second-order valence-corrected chi connectivity index (χ2v) is 7.46. The third kappa shape index (κ3) is 3.85. The van der Waals surface area contributed by atoms with Crippen molar-refractivity contribution in [2.24, 2.45) is 0 Å². The number of likely N-dealkylation sites (N-methyl/N-ethyl adjacent to an activating group) is 1. The van der Waals surface area contributed by atoms with Crippen LogP contribution < -0.4 is 10.6 Å². The van der Waals surface area contributed by atoms with Crippen LogP contribution in [0.4, 0.5) is 19.3 Å². The number of amides is 4. The highest BCUT2D eigenvalue weighted by atomic mass is 19.1. The molecule has 2 aliphatic rings. The van der Waals surface area contributed by atoms with E-state index >= 15 is 0 Å². The zero-order valence-corrected chi connectivity index (χ0v) is 17.7. The Hall–Kier alpha value is -4.05. The highest BCUT2D eigenvalue weighted by Gasteiger charge is 2.37. The molecule has 2 aliphatic heterocycles. The molecule has 4 rings (SSSR count). The summed E-state index contributed by atoms with van der Waals surface area (Å²) in [6.07, 6.45) is -0.651. The molecule has 0 bridgehead atoms. The van der Waals surface area contributed by atoms with Crippen LogP contribution in [0.3, 0.4) is 0 Å². The number of halogens is 2. The van der Waals surface area contributed by atoms with Crippen molar-refractivity contribution in [3.63, 3.8) is 0 Å². The third-order valence-corrected chi connectivity index (χ3v) is 5.48. The van der Waals surface area contributed by atoms with E-state index in [1.807, 2.05) is 0 Å². The Morgan fingerprint density at radius 1 is 1.33 bits per heavy atom. The van der Waals surface area contributed by atoms with Crippen LogP contribution in [-0.4, -0.2) is 64.3 Å². The standard InChI is InChI=1S/C20H19F2N7O4/c1-24-18(30)15-9-29-17(19(31)27(2)33-15)11-8-28(6-5-13(11)26-29)20(32)25-14-4-3-12(21)10(7-23)16(14)22/h3-4,15H,5-6,8-9H2,1-2H3,(H,24,30)(H,25,32). The Bertz CT molecular complexity index is 1210. The number of urea groups is 1. The number of carbonyl (C=O) groups is 3. The highest BCUT2D eigenvalue weighted by Crippen LogP contribution is 2.27. The number of anilines is 1. The van der Waals surface area contributed by atoms with Gasteiger partial charge in [-0.15, -0.1) is 0 Å². The van der Waals surface area contributed by atoms with E-state index in [2.05, 4.69) is 15.7 Å². The molecule has 1 aromatic heterocycles. The zero-order valence-electron chi connectivity index (χ0n) is 17.7.